The maximum atomic E-state index is 11.9. The molecule has 1 aliphatic rings. The Bertz CT molecular complexity index is 467. The lowest BCUT2D eigenvalue weighted by atomic mass is 10.2. The third-order valence-electron chi connectivity index (χ3n) is 2.57. The highest BCUT2D eigenvalue weighted by Crippen LogP contribution is 2.18. The van der Waals surface area contributed by atoms with Crippen molar-refractivity contribution >= 4 is 29.0 Å². The van der Waals surface area contributed by atoms with E-state index in [9.17, 15) is 4.79 Å². The Kier molecular flexibility index (Phi) is 5.12. The highest BCUT2D eigenvalue weighted by Gasteiger charge is 2.18. The molecule has 1 aliphatic heterocycles. The number of nitrogens with one attached hydrogen (secondary N) is 1. The van der Waals surface area contributed by atoms with Gasteiger partial charge in [0.25, 0.3) is 5.91 Å². The molecule has 1 aromatic heterocycles. The fourth-order valence-corrected chi connectivity index (χ4v) is 3.55. The van der Waals surface area contributed by atoms with Crippen molar-refractivity contribution in [2.45, 2.75) is 18.9 Å². The minimum Gasteiger partial charge on any atom is -0.395 e. The van der Waals surface area contributed by atoms with Gasteiger partial charge in [0.05, 0.1) is 17.0 Å². The molecule has 96 valence electrons. The maximum absolute atomic E-state index is 11.9. The number of aliphatic hydroxyl groups is 1. The summed E-state index contributed by atoms with van der Waals surface area (Å²) in [6, 6.07) is 2.12. The molecule has 0 saturated carbocycles. The zero-order valence-electron chi connectivity index (χ0n) is 9.94. The van der Waals surface area contributed by atoms with Crippen molar-refractivity contribution in [3.05, 3.63) is 21.9 Å². The van der Waals surface area contributed by atoms with Crippen LogP contribution in [0.1, 0.15) is 28.1 Å². The fraction of sp³-hybridized carbons (Fsp3) is 0.462. The quantitative estimate of drug-likeness (QED) is 0.829. The Balaban J connectivity index is 1.92. The van der Waals surface area contributed by atoms with Crippen LogP contribution in [-0.4, -0.2) is 35.2 Å². The summed E-state index contributed by atoms with van der Waals surface area (Å²) in [5, 5.41) is 13.5. The molecule has 1 unspecified atom stereocenters. The number of hydrogen-bond donors (Lipinski definition) is 2. The van der Waals surface area contributed by atoms with Crippen molar-refractivity contribution in [1.29, 1.82) is 0 Å². The van der Waals surface area contributed by atoms with E-state index in [0.717, 1.165) is 22.8 Å². The molecule has 2 heterocycles. The van der Waals surface area contributed by atoms with Crippen molar-refractivity contribution in [2.75, 3.05) is 18.1 Å². The van der Waals surface area contributed by atoms with Gasteiger partial charge < -0.3 is 10.4 Å². The SMILES string of the molecule is O=C(NC1CCSC1)c1csc(C#CCCO)c1. The van der Waals surface area contributed by atoms with E-state index in [-0.39, 0.29) is 12.5 Å². The average Bonchev–Trinajstić information content (AvgIpc) is 3.00. The summed E-state index contributed by atoms with van der Waals surface area (Å²) in [5.74, 6) is 7.93. The molecule has 2 rings (SSSR count). The van der Waals surface area contributed by atoms with Gasteiger partial charge in [-0.25, -0.2) is 0 Å². The Morgan fingerprint density at radius 1 is 1.61 bits per heavy atom. The molecule has 0 bridgehead atoms. The van der Waals surface area contributed by atoms with Crippen LogP contribution in [0.5, 0.6) is 0 Å². The summed E-state index contributed by atoms with van der Waals surface area (Å²) in [6.45, 7) is 0.0745. The van der Waals surface area contributed by atoms with Gasteiger partial charge in [0.2, 0.25) is 0 Å². The van der Waals surface area contributed by atoms with E-state index < -0.39 is 0 Å². The largest absolute Gasteiger partial charge is 0.395 e. The van der Waals surface area contributed by atoms with Gasteiger partial charge in [0.15, 0.2) is 0 Å². The monoisotopic (exact) mass is 281 g/mol. The van der Waals surface area contributed by atoms with E-state index in [1.165, 1.54) is 11.3 Å². The zero-order chi connectivity index (χ0) is 12.8. The number of amides is 1. The molecule has 1 fully saturated rings. The highest BCUT2D eigenvalue weighted by molar-refractivity contribution is 7.99. The summed E-state index contributed by atoms with van der Waals surface area (Å²) in [6.07, 6.45) is 1.53. The molecule has 0 aliphatic carbocycles. The number of carbonyl (C=O) groups excluding carboxylic acids is 1. The van der Waals surface area contributed by atoms with Crippen LogP contribution in [0.2, 0.25) is 0 Å². The summed E-state index contributed by atoms with van der Waals surface area (Å²) >= 11 is 3.34. The highest BCUT2D eigenvalue weighted by atomic mass is 32.2. The van der Waals surface area contributed by atoms with Gasteiger partial charge in [0.1, 0.15) is 0 Å². The van der Waals surface area contributed by atoms with Crippen molar-refractivity contribution in [3.8, 4) is 11.8 Å². The number of thiophene rings is 1. The predicted molar refractivity (Wildman–Crippen MR) is 76.1 cm³/mol. The smallest absolute Gasteiger partial charge is 0.252 e. The second kappa shape index (κ2) is 6.83. The molecule has 2 N–H and O–H groups in total. The van der Waals surface area contributed by atoms with Crippen molar-refractivity contribution < 1.29 is 9.90 Å². The van der Waals surface area contributed by atoms with E-state index in [0.29, 0.717) is 18.0 Å². The van der Waals surface area contributed by atoms with Gasteiger partial charge in [-0.2, -0.15) is 11.8 Å². The molecule has 5 heteroatoms. The fourth-order valence-electron chi connectivity index (χ4n) is 1.64. The molecule has 0 spiro atoms. The Morgan fingerprint density at radius 2 is 2.50 bits per heavy atom. The molecule has 1 saturated heterocycles. The first-order valence-corrected chi connectivity index (χ1v) is 7.90. The molecule has 3 nitrogen and oxygen atoms in total. The first-order valence-electron chi connectivity index (χ1n) is 5.86. The van der Waals surface area contributed by atoms with E-state index in [4.69, 9.17) is 5.11 Å². The van der Waals surface area contributed by atoms with Crippen LogP contribution in [0.3, 0.4) is 0 Å². The number of hydrogen-bond acceptors (Lipinski definition) is 4. The lowest BCUT2D eigenvalue weighted by molar-refractivity contribution is 0.0941. The number of thioether (sulfide) groups is 1. The van der Waals surface area contributed by atoms with E-state index in [1.807, 2.05) is 23.2 Å². The van der Waals surface area contributed by atoms with E-state index >= 15 is 0 Å². The van der Waals surface area contributed by atoms with Gasteiger partial charge in [0, 0.05) is 23.6 Å². The van der Waals surface area contributed by atoms with Gasteiger partial charge in [-0.1, -0.05) is 11.8 Å². The normalized spacial score (nSPS) is 18.2. The molecule has 1 aromatic rings. The third-order valence-corrected chi connectivity index (χ3v) is 4.58. The standard InChI is InChI=1S/C13H15NO2S2/c15-5-2-1-3-12-7-10(8-18-12)13(16)14-11-4-6-17-9-11/h7-8,11,15H,2,4-6,9H2,(H,14,16). The summed E-state index contributed by atoms with van der Waals surface area (Å²) < 4.78 is 0. The van der Waals surface area contributed by atoms with Gasteiger partial charge in [-0.05, 0) is 18.2 Å². The summed E-state index contributed by atoms with van der Waals surface area (Å²) in [4.78, 5) is 12.8. The second-order valence-corrected chi connectivity index (χ2v) is 6.07. The van der Waals surface area contributed by atoms with E-state index in [1.54, 1.807) is 0 Å². The first kappa shape index (κ1) is 13.5. The van der Waals surface area contributed by atoms with Crippen LogP contribution in [0.4, 0.5) is 0 Å². The average molecular weight is 281 g/mol. The van der Waals surface area contributed by atoms with Gasteiger partial charge in [-0.15, -0.1) is 11.3 Å². The molecular formula is C13H15NO2S2. The number of carbonyl (C=O) groups is 1. The van der Waals surface area contributed by atoms with Crippen LogP contribution in [0.15, 0.2) is 11.4 Å². The number of aliphatic hydroxyl groups excluding tert-OH is 1. The molecule has 18 heavy (non-hydrogen) atoms. The van der Waals surface area contributed by atoms with Crippen molar-refractivity contribution in [2.24, 2.45) is 0 Å². The lowest BCUT2D eigenvalue weighted by Crippen LogP contribution is -2.34. The maximum Gasteiger partial charge on any atom is 0.252 e. The lowest BCUT2D eigenvalue weighted by Gasteiger charge is -2.09. The molecule has 1 atom stereocenters. The van der Waals surface area contributed by atoms with Gasteiger partial charge >= 0.3 is 0 Å². The van der Waals surface area contributed by atoms with Crippen LogP contribution in [0, 0.1) is 11.8 Å². The van der Waals surface area contributed by atoms with Crippen LogP contribution in [-0.2, 0) is 0 Å². The Morgan fingerprint density at radius 3 is 3.22 bits per heavy atom. The van der Waals surface area contributed by atoms with Crippen LogP contribution >= 0.6 is 23.1 Å². The van der Waals surface area contributed by atoms with Crippen LogP contribution < -0.4 is 5.32 Å². The topological polar surface area (TPSA) is 49.3 Å². The van der Waals surface area contributed by atoms with Crippen LogP contribution in [0.25, 0.3) is 0 Å². The Labute approximate surface area is 115 Å². The molecular weight excluding hydrogens is 266 g/mol. The zero-order valence-corrected chi connectivity index (χ0v) is 11.6. The third kappa shape index (κ3) is 3.77. The molecule has 0 aromatic carbocycles. The molecule has 0 radical (unpaired) electrons. The molecule has 1 amide bonds. The van der Waals surface area contributed by atoms with Crippen molar-refractivity contribution in [3.63, 3.8) is 0 Å². The Hall–Kier alpha value is -0.960. The van der Waals surface area contributed by atoms with Crippen molar-refractivity contribution in [1.82, 2.24) is 5.32 Å². The first-order chi connectivity index (χ1) is 8.79. The van der Waals surface area contributed by atoms with Gasteiger partial charge in [-0.3, -0.25) is 4.79 Å². The second-order valence-electron chi connectivity index (χ2n) is 4.01. The van der Waals surface area contributed by atoms with E-state index in [2.05, 4.69) is 17.2 Å². The summed E-state index contributed by atoms with van der Waals surface area (Å²) in [5.41, 5.74) is 0.685. The minimum atomic E-state index is -0.00559. The predicted octanol–water partition coefficient (Wildman–Crippen LogP) is 1.72. The minimum absolute atomic E-state index is 0.00559. The number of rotatable bonds is 3. The summed E-state index contributed by atoms with van der Waals surface area (Å²) in [7, 11) is 0.